The average molecular weight is 385 g/mol. The van der Waals surface area contributed by atoms with E-state index in [1.807, 2.05) is 57.2 Å². The van der Waals surface area contributed by atoms with Gasteiger partial charge in [0.1, 0.15) is 5.68 Å². The second-order valence-corrected chi connectivity index (χ2v) is 7.15. The van der Waals surface area contributed by atoms with Crippen LogP contribution in [0.25, 0.3) is 22.4 Å². The highest BCUT2D eigenvalue weighted by atomic mass is 16.1. The van der Waals surface area contributed by atoms with Gasteiger partial charge in [-0.05, 0) is 50.5 Å². The van der Waals surface area contributed by atoms with Crippen LogP contribution in [0.4, 0.5) is 0 Å². The molecule has 0 spiro atoms. The first-order valence-corrected chi connectivity index (χ1v) is 10.1. The smallest absolute Gasteiger partial charge is 0.208 e. The number of pyridine rings is 1. The minimum atomic E-state index is -0.0176. The van der Waals surface area contributed by atoms with E-state index in [1.165, 1.54) is 0 Å². The Morgan fingerprint density at radius 3 is 2.52 bits per heavy atom. The van der Waals surface area contributed by atoms with Crippen molar-refractivity contribution in [3.8, 4) is 11.1 Å². The van der Waals surface area contributed by atoms with Crippen LogP contribution in [0.3, 0.4) is 0 Å². The van der Waals surface area contributed by atoms with Crippen molar-refractivity contribution in [1.29, 1.82) is 0 Å². The molecule has 0 fully saturated rings. The number of nitrogens with two attached hydrogens (primary N) is 1. The highest BCUT2D eigenvalue weighted by Crippen LogP contribution is 2.32. The van der Waals surface area contributed by atoms with E-state index in [0.717, 1.165) is 46.4 Å². The third-order valence-electron chi connectivity index (χ3n) is 4.89. The molecule has 149 valence electrons. The summed E-state index contributed by atoms with van der Waals surface area (Å²) in [7, 11) is 1.71. The fraction of sp³-hybridized carbons (Fsp3) is 0.280. The van der Waals surface area contributed by atoms with Crippen LogP contribution in [-0.2, 0) is 4.79 Å². The van der Waals surface area contributed by atoms with Crippen LogP contribution in [-0.4, -0.2) is 17.9 Å². The number of nitrogens with zero attached hydrogens (tertiary/aromatic N) is 1. The number of aromatic nitrogens is 1. The Bertz CT molecular complexity index is 956. The largest absolute Gasteiger partial charge is 0.398 e. The molecule has 0 unspecified atom stereocenters. The fourth-order valence-corrected chi connectivity index (χ4v) is 3.13. The van der Waals surface area contributed by atoms with Gasteiger partial charge >= 0.3 is 0 Å². The summed E-state index contributed by atoms with van der Waals surface area (Å²) in [6, 6.07) is 12.2. The number of benzene rings is 1. The van der Waals surface area contributed by atoms with Gasteiger partial charge in [-0.1, -0.05) is 68.2 Å². The maximum atomic E-state index is 12.5. The average Bonchev–Trinajstić information content (AvgIpc) is 2.74. The first kappa shape index (κ1) is 22.4. The standard InChI is InChI=1S/C25H30BN2O/c1-6-8-12-17(3)22-16-21(20-13-10-9-11-14-20)23(19(5)28-22)24(27)18(4)25(29)26-15-7-2/h6,8-14,16H,7,15,27H2,1-5H3/b8-6-,17-12+,24-18-. The highest BCUT2D eigenvalue weighted by Gasteiger charge is 2.18. The zero-order chi connectivity index (χ0) is 21.4. The maximum Gasteiger partial charge on any atom is 0.208 e. The van der Waals surface area contributed by atoms with Crippen molar-refractivity contribution >= 4 is 24.2 Å². The van der Waals surface area contributed by atoms with Crippen LogP contribution in [0.1, 0.15) is 51.1 Å². The van der Waals surface area contributed by atoms with E-state index in [2.05, 4.69) is 25.1 Å². The quantitative estimate of drug-likeness (QED) is 0.356. The Labute approximate surface area is 175 Å². The maximum absolute atomic E-state index is 12.5. The molecule has 0 amide bonds. The lowest BCUT2D eigenvalue weighted by Crippen LogP contribution is -2.16. The van der Waals surface area contributed by atoms with Crippen LogP contribution in [0.2, 0.25) is 6.32 Å². The van der Waals surface area contributed by atoms with Crippen LogP contribution >= 0.6 is 0 Å². The molecule has 0 aliphatic carbocycles. The van der Waals surface area contributed by atoms with Crippen molar-refractivity contribution in [2.45, 2.75) is 47.4 Å². The van der Waals surface area contributed by atoms with Crippen molar-refractivity contribution < 1.29 is 4.79 Å². The SMILES string of the molecule is C/C=C\C=C(/C)c1cc(-c2ccccc2)c(/C(N)=C(\C)C(=O)[B]CCC)c(C)n1. The minimum Gasteiger partial charge on any atom is -0.398 e. The van der Waals surface area contributed by atoms with E-state index in [-0.39, 0.29) is 5.68 Å². The minimum absolute atomic E-state index is 0.0176. The lowest BCUT2D eigenvalue weighted by Gasteiger charge is -2.17. The summed E-state index contributed by atoms with van der Waals surface area (Å²) in [5.74, 6) is 0. The molecule has 0 aliphatic heterocycles. The third-order valence-corrected chi connectivity index (χ3v) is 4.89. The number of rotatable bonds is 8. The van der Waals surface area contributed by atoms with Gasteiger partial charge in [0, 0.05) is 22.5 Å². The Hall–Kier alpha value is -2.88. The first-order valence-electron chi connectivity index (χ1n) is 10.1. The molecule has 4 heteroatoms. The van der Waals surface area contributed by atoms with Crippen molar-refractivity contribution in [2.75, 3.05) is 0 Å². The zero-order valence-corrected chi connectivity index (χ0v) is 18.1. The van der Waals surface area contributed by atoms with Crippen LogP contribution in [0.5, 0.6) is 0 Å². The van der Waals surface area contributed by atoms with E-state index < -0.39 is 0 Å². The zero-order valence-electron chi connectivity index (χ0n) is 18.1. The molecule has 0 atom stereocenters. The number of hydrogen-bond donors (Lipinski definition) is 1. The van der Waals surface area contributed by atoms with Crippen molar-refractivity contribution in [1.82, 2.24) is 4.98 Å². The molecule has 0 saturated heterocycles. The normalized spacial score (nSPS) is 12.8. The predicted molar refractivity (Wildman–Crippen MR) is 126 cm³/mol. The van der Waals surface area contributed by atoms with Gasteiger partial charge in [0.25, 0.3) is 0 Å². The predicted octanol–water partition coefficient (Wildman–Crippen LogP) is 5.79. The number of allylic oxidation sites excluding steroid dienone is 5. The monoisotopic (exact) mass is 385 g/mol. The summed E-state index contributed by atoms with van der Waals surface area (Å²) in [6.45, 7) is 9.83. The van der Waals surface area contributed by atoms with Gasteiger partial charge in [-0.3, -0.25) is 4.98 Å². The molecule has 0 aliphatic rings. The molecule has 2 rings (SSSR count). The molecular formula is C25H30BN2O. The van der Waals surface area contributed by atoms with Gasteiger partial charge in [-0.2, -0.15) is 0 Å². The van der Waals surface area contributed by atoms with Gasteiger partial charge in [0.05, 0.1) is 5.69 Å². The topological polar surface area (TPSA) is 56.0 Å². The van der Waals surface area contributed by atoms with E-state index >= 15 is 0 Å². The molecule has 2 N–H and O–H groups in total. The van der Waals surface area contributed by atoms with Crippen LogP contribution in [0, 0.1) is 6.92 Å². The summed E-state index contributed by atoms with van der Waals surface area (Å²) in [6.07, 6.45) is 7.72. The van der Waals surface area contributed by atoms with Gasteiger partial charge in [0.15, 0.2) is 0 Å². The molecule has 3 nitrogen and oxygen atoms in total. The molecule has 1 aromatic carbocycles. The summed E-state index contributed by atoms with van der Waals surface area (Å²) in [4.78, 5) is 17.3. The Morgan fingerprint density at radius 2 is 1.90 bits per heavy atom. The Morgan fingerprint density at radius 1 is 1.21 bits per heavy atom. The molecule has 0 saturated carbocycles. The van der Waals surface area contributed by atoms with E-state index in [4.69, 9.17) is 10.7 Å². The number of aryl methyl sites for hydroxylation is 1. The highest BCUT2D eigenvalue weighted by molar-refractivity contribution is 6.77. The van der Waals surface area contributed by atoms with Gasteiger partial charge in [0.2, 0.25) is 7.28 Å². The lowest BCUT2D eigenvalue weighted by atomic mass is 9.66. The Kier molecular flexibility index (Phi) is 8.20. The second kappa shape index (κ2) is 10.6. The van der Waals surface area contributed by atoms with Gasteiger partial charge < -0.3 is 10.5 Å². The fourth-order valence-electron chi connectivity index (χ4n) is 3.13. The Balaban J connectivity index is 2.70. The molecule has 29 heavy (non-hydrogen) atoms. The molecule has 1 aromatic heterocycles. The summed E-state index contributed by atoms with van der Waals surface area (Å²) in [5.41, 5.74) is 13.2. The molecular weight excluding hydrogens is 355 g/mol. The number of carbonyl (C=O) groups is 1. The molecule has 1 heterocycles. The molecule has 0 bridgehead atoms. The number of carbonyl (C=O) groups excluding carboxylic acids is 1. The van der Waals surface area contributed by atoms with E-state index in [9.17, 15) is 4.79 Å². The third kappa shape index (κ3) is 5.57. The van der Waals surface area contributed by atoms with Gasteiger partial charge in [-0.25, -0.2) is 0 Å². The van der Waals surface area contributed by atoms with Crippen molar-refractivity contribution in [2.24, 2.45) is 5.73 Å². The van der Waals surface area contributed by atoms with E-state index in [0.29, 0.717) is 11.3 Å². The lowest BCUT2D eigenvalue weighted by molar-refractivity contribution is -0.108. The second-order valence-electron chi connectivity index (χ2n) is 7.15. The first-order chi connectivity index (χ1) is 13.9. The van der Waals surface area contributed by atoms with Crippen molar-refractivity contribution in [3.63, 3.8) is 0 Å². The van der Waals surface area contributed by atoms with Gasteiger partial charge in [-0.15, -0.1) is 0 Å². The number of hydrogen-bond acceptors (Lipinski definition) is 3. The van der Waals surface area contributed by atoms with Crippen LogP contribution < -0.4 is 5.73 Å². The summed E-state index contributed by atoms with van der Waals surface area (Å²) in [5, 5.41) is 0. The van der Waals surface area contributed by atoms with Crippen LogP contribution in [0.15, 0.2) is 60.2 Å². The summed E-state index contributed by atoms with van der Waals surface area (Å²) >= 11 is 0. The molecule has 1 radical (unpaired) electrons. The van der Waals surface area contributed by atoms with E-state index in [1.54, 1.807) is 14.2 Å². The molecule has 2 aromatic rings. The van der Waals surface area contributed by atoms with Crippen molar-refractivity contribution in [3.05, 3.63) is 77.2 Å². The summed E-state index contributed by atoms with van der Waals surface area (Å²) < 4.78 is 0.